The number of nitrogens with one attached hydrogen (secondary N) is 2. The molecular weight excluding hydrogens is 228 g/mol. The van der Waals surface area contributed by atoms with Crippen LogP contribution in [-0.2, 0) is 4.79 Å². The molecule has 1 amide bonds. The maximum atomic E-state index is 11.7. The molecule has 3 N–H and O–H groups in total. The summed E-state index contributed by atoms with van der Waals surface area (Å²) in [6.07, 6.45) is 0.443. The summed E-state index contributed by atoms with van der Waals surface area (Å²) >= 11 is 0. The topological polar surface area (TPSA) is 61.4 Å². The lowest BCUT2D eigenvalue weighted by atomic mass is 9.64. The predicted octanol–water partition coefficient (Wildman–Crippen LogP) is 1.37. The molecule has 2 rings (SSSR count). The standard InChI is InChI=1S/C14H20N2O2/c1-14(2)11(8-12(14)17)15-9-13(18)16-10-6-4-3-5-7-10/h3-7,11-12,15,17H,8-9H2,1-2H3,(H,16,18). The van der Waals surface area contributed by atoms with Gasteiger partial charge in [-0.1, -0.05) is 32.0 Å². The van der Waals surface area contributed by atoms with Gasteiger partial charge in [-0.25, -0.2) is 0 Å². The molecule has 2 unspecified atom stereocenters. The summed E-state index contributed by atoms with van der Waals surface area (Å²) in [5, 5.41) is 15.6. The Balaban J connectivity index is 1.76. The van der Waals surface area contributed by atoms with Gasteiger partial charge < -0.3 is 15.7 Å². The first kappa shape index (κ1) is 13.1. The maximum Gasteiger partial charge on any atom is 0.238 e. The van der Waals surface area contributed by atoms with Crippen LogP contribution in [0.25, 0.3) is 0 Å². The minimum absolute atomic E-state index is 0.0570. The van der Waals surface area contributed by atoms with Crippen LogP contribution in [-0.4, -0.2) is 29.7 Å². The van der Waals surface area contributed by atoms with Crippen molar-refractivity contribution in [1.29, 1.82) is 0 Å². The number of aliphatic hydroxyl groups is 1. The molecule has 98 valence electrons. The van der Waals surface area contributed by atoms with Crippen LogP contribution in [0.3, 0.4) is 0 Å². The van der Waals surface area contributed by atoms with Crippen LogP contribution < -0.4 is 10.6 Å². The molecule has 0 radical (unpaired) electrons. The highest BCUT2D eigenvalue weighted by atomic mass is 16.3. The Kier molecular flexibility index (Phi) is 3.68. The summed E-state index contributed by atoms with van der Waals surface area (Å²) in [4.78, 5) is 11.7. The quantitative estimate of drug-likeness (QED) is 0.754. The number of aliphatic hydroxyl groups excluding tert-OH is 1. The van der Waals surface area contributed by atoms with E-state index in [0.29, 0.717) is 6.42 Å². The smallest absolute Gasteiger partial charge is 0.238 e. The van der Waals surface area contributed by atoms with Gasteiger partial charge in [-0.3, -0.25) is 4.79 Å². The van der Waals surface area contributed by atoms with E-state index in [1.54, 1.807) is 0 Å². The third-order valence-electron chi connectivity index (χ3n) is 3.78. The van der Waals surface area contributed by atoms with Crippen molar-refractivity contribution in [2.75, 3.05) is 11.9 Å². The summed E-state index contributed by atoms with van der Waals surface area (Å²) < 4.78 is 0. The second-order valence-corrected chi connectivity index (χ2v) is 5.42. The molecule has 4 nitrogen and oxygen atoms in total. The predicted molar refractivity (Wildman–Crippen MR) is 71.3 cm³/mol. The van der Waals surface area contributed by atoms with Crippen molar-refractivity contribution < 1.29 is 9.90 Å². The van der Waals surface area contributed by atoms with Crippen LogP contribution in [0, 0.1) is 5.41 Å². The summed E-state index contributed by atoms with van der Waals surface area (Å²) in [5.74, 6) is -0.0570. The van der Waals surface area contributed by atoms with Gasteiger partial charge in [-0.15, -0.1) is 0 Å². The first-order valence-corrected chi connectivity index (χ1v) is 6.26. The Morgan fingerprint density at radius 2 is 2.06 bits per heavy atom. The van der Waals surface area contributed by atoms with E-state index in [9.17, 15) is 9.90 Å². The molecule has 2 atom stereocenters. The lowest BCUT2D eigenvalue weighted by molar-refractivity contribution is -0.117. The summed E-state index contributed by atoms with van der Waals surface area (Å²) in [6, 6.07) is 9.59. The molecule has 0 spiro atoms. The highest BCUT2D eigenvalue weighted by Crippen LogP contribution is 2.40. The monoisotopic (exact) mass is 248 g/mol. The van der Waals surface area contributed by atoms with Crippen molar-refractivity contribution in [3.05, 3.63) is 30.3 Å². The molecule has 1 aliphatic rings. The minimum atomic E-state index is -0.271. The van der Waals surface area contributed by atoms with E-state index >= 15 is 0 Å². The highest BCUT2D eigenvalue weighted by molar-refractivity contribution is 5.92. The van der Waals surface area contributed by atoms with E-state index in [1.165, 1.54) is 0 Å². The minimum Gasteiger partial charge on any atom is -0.392 e. The zero-order chi connectivity index (χ0) is 13.2. The molecule has 1 fully saturated rings. The van der Waals surface area contributed by atoms with Crippen molar-refractivity contribution in [2.24, 2.45) is 5.41 Å². The number of carbonyl (C=O) groups excluding carboxylic acids is 1. The lowest BCUT2D eigenvalue weighted by Crippen LogP contribution is -2.60. The third-order valence-corrected chi connectivity index (χ3v) is 3.78. The van der Waals surface area contributed by atoms with Crippen molar-refractivity contribution >= 4 is 11.6 Å². The van der Waals surface area contributed by atoms with Crippen molar-refractivity contribution in [3.8, 4) is 0 Å². The fourth-order valence-corrected chi connectivity index (χ4v) is 2.19. The van der Waals surface area contributed by atoms with Crippen LogP contribution in [0.4, 0.5) is 5.69 Å². The molecule has 1 saturated carbocycles. The van der Waals surface area contributed by atoms with Gasteiger partial charge >= 0.3 is 0 Å². The SMILES string of the molecule is CC1(C)C(O)CC1NCC(=O)Nc1ccccc1. The number of para-hydroxylation sites is 1. The van der Waals surface area contributed by atoms with Crippen LogP contribution in [0.15, 0.2) is 30.3 Å². The number of amides is 1. The Hall–Kier alpha value is -1.39. The third kappa shape index (κ3) is 2.71. The van der Waals surface area contributed by atoms with Crippen LogP contribution in [0.5, 0.6) is 0 Å². The first-order valence-electron chi connectivity index (χ1n) is 6.26. The lowest BCUT2D eigenvalue weighted by Gasteiger charge is -2.49. The van der Waals surface area contributed by atoms with Gasteiger partial charge in [0.25, 0.3) is 0 Å². The molecule has 1 aromatic carbocycles. The van der Waals surface area contributed by atoms with Gasteiger partial charge in [0.1, 0.15) is 0 Å². The van der Waals surface area contributed by atoms with E-state index in [2.05, 4.69) is 10.6 Å². The molecule has 0 aromatic heterocycles. The van der Waals surface area contributed by atoms with E-state index in [4.69, 9.17) is 0 Å². The number of hydrogen-bond donors (Lipinski definition) is 3. The highest BCUT2D eigenvalue weighted by Gasteiger charge is 2.46. The van der Waals surface area contributed by atoms with Crippen LogP contribution in [0.2, 0.25) is 0 Å². The molecule has 0 bridgehead atoms. The average molecular weight is 248 g/mol. The van der Waals surface area contributed by atoms with Crippen molar-refractivity contribution in [3.63, 3.8) is 0 Å². The number of hydrogen-bond acceptors (Lipinski definition) is 3. The van der Waals surface area contributed by atoms with E-state index < -0.39 is 0 Å². The zero-order valence-corrected chi connectivity index (χ0v) is 10.8. The largest absolute Gasteiger partial charge is 0.392 e. The number of carbonyl (C=O) groups is 1. The molecule has 0 saturated heterocycles. The molecular formula is C14H20N2O2. The van der Waals surface area contributed by atoms with Crippen molar-refractivity contribution in [1.82, 2.24) is 5.32 Å². The normalized spacial score (nSPS) is 25.3. The Bertz CT molecular complexity index is 417. The van der Waals surface area contributed by atoms with Gasteiger partial charge in [-0.05, 0) is 18.6 Å². The van der Waals surface area contributed by atoms with Gasteiger partial charge in [0.15, 0.2) is 0 Å². The molecule has 18 heavy (non-hydrogen) atoms. The van der Waals surface area contributed by atoms with E-state index in [-0.39, 0.29) is 30.0 Å². The fourth-order valence-electron chi connectivity index (χ4n) is 2.19. The Morgan fingerprint density at radius 1 is 1.39 bits per heavy atom. The number of anilines is 1. The zero-order valence-electron chi connectivity index (χ0n) is 10.8. The average Bonchev–Trinajstić information content (AvgIpc) is 2.35. The summed E-state index contributed by atoms with van der Waals surface area (Å²) in [6.45, 7) is 4.29. The fraction of sp³-hybridized carbons (Fsp3) is 0.500. The van der Waals surface area contributed by atoms with Gasteiger partial charge in [0.05, 0.1) is 12.6 Å². The molecule has 1 aliphatic carbocycles. The Labute approximate surface area is 107 Å². The van der Waals surface area contributed by atoms with E-state index in [1.807, 2.05) is 44.2 Å². The second-order valence-electron chi connectivity index (χ2n) is 5.42. The van der Waals surface area contributed by atoms with Crippen LogP contribution >= 0.6 is 0 Å². The van der Waals surface area contributed by atoms with Gasteiger partial charge in [0, 0.05) is 17.1 Å². The number of rotatable bonds is 4. The molecule has 1 aromatic rings. The Morgan fingerprint density at radius 3 is 2.61 bits per heavy atom. The summed E-state index contributed by atoms with van der Waals surface area (Å²) in [7, 11) is 0. The van der Waals surface area contributed by atoms with Crippen molar-refractivity contribution in [2.45, 2.75) is 32.4 Å². The molecule has 0 aliphatic heterocycles. The van der Waals surface area contributed by atoms with Crippen LogP contribution in [0.1, 0.15) is 20.3 Å². The first-order chi connectivity index (χ1) is 8.50. The van der Waals surface area contributed by atoms with E-state index in [0.717, 1.165) is 5.69 Å². The van der Waals surface area contributed by atoms with Gasteiger partial charge in [0.2, 0.25) is 5.91 Å². The number of benzene rings is 1. The summed E-state index contributed by atoms with van der Waals surface area (Å²) in [5.41, 5.74) is 0.657. The molecule has 4 heteroatoms. The van der Waals surface area contributed by atoms with Gasteiger partial charge in [-0.2, -0.15) is 0 Å². The maximum absolute atomic E-state index is 11.7. The second kappa shape index (κ2) is 5.08. The molecule has 0 heterocycles.